The Morgan fingerprint density at radius 2 is 1.81 bits per heavy atom. The largest absolute Gasteiger partial charge is 0.342 e. The van der Waals surface area contributed by atoms with Gasteiger partial charge in [0.2, 0.25) is 5.91 Å². The number of likely N-dealkylation sites (N-methyl/N-ethyl adjacent to an activating group) is 2. The topological polar surface area (TPSA) is 30.0 Å². The molecule has 2 saturated heterocycles. The SMILES string of the molecule is CCN1CCN(C2CCN(CC(=O)N(C)C(C)C)C2)CC1. The van der Waals surface area contributed by atoms with E-state index in [9.17, 15) is 4.79 Å². The van der Waals surface area contributed by atoms with Crippen LogP contribution in [0.4, 0.5) is 0 Å². The average molecular weight is 296 g/mol. The number of likely N-dealkylation sites (tertiary alicyclic amines) is 1. The third-order valence-corrected chi connectivity index (χ3v) is 5.14. The molecule has 21 heavy (non-hydrogen) atoms. The number of rotatable bonds is 5. The van der Waals surface area contributed by atoms with E-state index in [-0.39, 0.29) is 11.9 Å². The van der Waals surface area contributed by atoms with Crippen molar-refractivity contribution in [1.82, 2.24) is 19.6 Å². The number of hydrogen-bond acceptors (Lipinski definition) is 4. The number of carbonyl (C=O) groups excluding carboxylic acids is 1. The molecule has 0 bridgehead atoms. The van der Waals surface area contributed by atoms with E-state index < -0.39 is 0 Å². The molecule has 0 aliphatic carbocycles. The van der Waals surface area contributed by atoms with Crippen LogP contribution in [0.1, 0.15) is 27.2 Å². The molecule has 0 saturated carbocycles. The monoisotopic (exact) mass is 296 g/mol. The lowest BCUT2D eigenvalue weighted by molar-refractivity contribution is -0.132. The van der Waals surface area contributed by atoms with Gasteiger partial charge in [-0.2, -0.15) is 0 Å². The van der Waals surface area contributed by atoms with Crippen molar-refractivity contribution in [3.05, 3.63) is 0 Å². The molecule has 1 amide bonds. The van der Waals surface area contributed by atoms with Crippen LogP contribution in [0.25, 0.3) is 0 Å². The van der Waals surface area contributed by atoms with Gasteiger partial charge < -0.3 is 9.80 Å². The van der Waals surface area contributed by atoms with Crippen LogP contribution >= 0.6 is 0 Å². The molecule has 0 N–H and O–H groups in total. The standard InChI is InChI=1S/C16H32N4O/c1-5-18-8-10-20(11-9-18)15-6-7-19(12-15)13-16(21)17(4)14(2)3/h14-15H,5-13H2,1-4H3. The summed E-state index contributed by atoms with van der Waals surface area (Å²) in [5, 5.41) is 0. The van der Waals surface area contributed by atoms with Gasteiger partial charge in [0.25, 0.3) is 0 Å². The van der Waals surface area contributed by atoms with Crippen LogP contribution in [-0.4, -0.2) is 97.0 Å². The fourth-order valence-corrected chi connectivity index (χ4v) is 3.29. The van der Waals surface area contributed by atoms with Crippen LogP contribution in [-0.2, 0) is 4.79 Å². The predicted octanol–water partition coefficient (Wildman–Crippen LogP) is 0.565. The van der Waals surface area contributed by atoms with Gasteiger partial charge in [-0.15, -0.1) is 0 Å². The van der Waals surface area contributed by atoms with E-state index >= 15 is 0 Å². The van der Waals surface area contributed by atoms with Crippen molar-refractivity contribution in [2.75, 3.05) is 59.4 Å². The molecule has 2 fully saturated rings. The summed E-state index contributed by atoms with van der Waals surface area (Å²) < 4.78 is 0. The maximum atomic E-state index is 12.2. The van der Waals surface area contributed by atoms with Gasteiger partial charge in [-0.3, -0.25) is 14.6 Å². The van der Waals surface area contributed by atoms with Crippen LogP contribution < -0.4 is 0 Å². The van der Waals surface area contributed by atoms with E-state index in [0.717, 1.165) is 13.1 Å². The van der Waals surface area contributed by atoms with Gasteiger partial charge in [0.15, 0.2) is 0 Å². The minimum Gasteiger partial charge on any atom is -0.342 e. The molecule has 0 radical (unpaired) electrons. The van der Waals surface area contributed by atoms with Gasteiger partial charge in [0.05, 0.1) is 6.54 Å². The summed E-state index contributed by atoms with van der Waals surface area (Å²) in [6.45, 7) is 15.0. The summed E-state index contributed by atoms with van der Waals surface area (Å²) in [6.07, 6.45) is 1.21. The lowest BCUT2D eigenvalue weighted by Crippen LogP contribution is -2.51. The summed E-state index contributed by atoms with van der Waals surface area (Å²) >= 11 is 0. The lowest BCUT2D eigenvalue weighted by atomic mass is 10.2. The van der Waals surface area contributed by atoms with Crippen LogP contribution in [0.2, 0.25) is 0 Å². The molecule has 0 aromatic carbocycles. The first-order valence-electron chi connectivity index (χ1n) is 8.45. The Labute approximate surface area is 129 Å². The third kappa shape index (κ3) is 4.41. The quantitative estimate of drug-likeness (QED) is 0.742. The minimum atomic E-state index is 0.251. The van der Waals surface area contributed by atoms with Crippen molar-refractivity contribution in [2.24, 2.45) is 0 Å². The highest BCUT2D eigenvalue weighted by Crippen LogP contribution is 2.17. The number of piperazine rings is 1. The molecular formula is C16H32N4O. The summed E-state index contributed by atoms with van der Waals surface area (Å²) in [5.74, 6) is 0.251. The molecule has 2 rings (SSSR count). The van der Waals surface area contributed by atoms with Gasteiger partial charge >= 0.3 is 0 Å². The van der Waals surface area contributed by atoms with Crippen molar-refractivity contribution in [3.8, 4) is 0 Å². The average Bonchev–Trinajstić information content (AvgIpc) is 2.94. The molecule has 5 nitrogen and oxygen atoms in total. The van der Waals surface area contributed by atoms with Gasteiger partial charge in [0, 0.05) is 58.4 Å². The maximum absolute atomic E-state index is 12.2. The second-order valence-corrected chi connectivity index (χ2v) is 6.75. The second kappa shape index (κ2) is 7.56. The predicted molar refractivity (Wildman–Crippen MR) is 86.4 cm³/mol. The van der Waals surface area contributed by atoms with E-state index in [2.05, 4.69) is 35.5 Å². The van der Waals surface area contributed by atoms with Crippen LogP contribution in [0.5, 0.6) is 0 Å². The number of hydrogen-bond donors (Lipinski definition) is 0. The van der Waals surface area contributed by atoms with Crippen molar-refractivity contribution in [3.63, 3.8) is 0 Å². The van der Waals surface area contributed by atoms with Gasteiger partial charge in [-0.25, -0.2) is 0 Å². The molecule has 0 spiro atoms. The molecule has 2 aliphatic heterocycles. The van der Waals surface area contributed by atoms with Crippen LogP contribution in [0.3, 0.4) is 0 Å². The van der Waals surface area contributed by atoms with Crippen molar-refractivity contribution < 1.29 is 4.79 Å². The summed E-state index contributed by atoms with van der Waals surface area (Å²) in [6, 6.07) is 0.944. The summed E-state index contributed by atoms with van der Waals surface area (Å²) in [4.78, 5) is 21.5. The fourth-order valence-electron chi connectivity index (χ4n) is 3.29. The Balaban J connectivity index is 1.75. The minimum absolute atomic E-state index is 0.251. The highest BCUT2D eigenvalue weighted by molar-refractivity contribution is 5.78. The molecule has 2 aliphatic rings. The van der Waals surface area contributed by atoms with E-state index in [1.54, 1.807) is 0 Å². The Kier molecular flexibility index (Phi) is 6.02. The lowest BCUT2D eigenvalue weighted by Gasteiger charge is -2.37. The maximum Gasteiger partial charge on any atom is 0.236 e. The van der Waals surface area contributed by atoms with Crippen LogP contribution in [0, 0.1) is 0 Å². The van der Waals surface area contributed by atoms with Crippen molar-refractivity contribution in [1.29, 1.82) is 0 Å². The van der Waals surface area contributed by atoms with E-state index in [4.69, 9.17) is 0 Å². The molecule has 1 atom stereocenters. The molecule has 0 aromatic rings. The first kappa shape index (κ1) is 16.7. The summed E-state index contributed by atoms with van der Waals surface area (Å²) in [5.41, 5.74) is 0. The van der Waals surface area contributed by atoms with E-state index in [1.807, 2.05) is 11.9 Å². The third-order valence-electron chi connectivity index (χ3n) is 5.14. The van der Waals surface area contributed by atoms with Gasteiger partial charge in [-0.05, 0) is 26.8 Å². The first-order chi connectivity index (χ1) is 10.0. The second-order valence-electron chi connectivity index (χ2n) is 6.75. The van der Waals surface area contributed by atoms with Gasteiger partial charge in [-0.1, -0.05) is 6.92 Å². The number of nitrogens with zero attached hydrogens (tertiary/aromatic N) is 4. The Morgan fingerprint density at radius 3 is 2.38 bits per heavy atom. The molecular weight excluding hydrogens is 264 g/mol. The molecule has 5 heteroatoms. The molecule has 2 heterocycles. The van der Waals surface area contributed by atoms with Crippen molar-refractivity contribution >= 4 is 5.91 Å². The normalized spacial score (nSPS) is 25.7. The number of amides is 1. The van der Waals surface area contributed by atoms with Gasteiger partial charge in [0.1, 0.15) is 0 Å². The zero-order chi connectivity index (χ0) is 15.4. The van der Waals surface area contributed by atoms with Crippen molar-refractivity contribution in [2.45, 2.75) is 39.3 Å². The van der Waals surface area contributed by atoms with E-state index in [0.29, 0.717) is 12.6 Å². The highest BCUT2D eigenvalue weighted by Gasteiger charge is 2.30. The van der Waals surface area contributed by atoms with Crippen LogP contribution in [0.15, 0.2) is 0 Å². The zero-order valence-corrected chi connectivity index (χ0v) is 14.2. The smallest absolute Gasteiger partial charge is 0.236 e. The Hall–Kier alpha value is -0.650. The zero-order valence-electron chi connectivity index (χ0n) is 14.2. The fraction of sp³-hybridized carbons (Fsp3) is 0.938. The molecule has 0 aromatic heterocycles. The van der Waals surface area contributed by atoms with E-state index in [1.165, 1.54) is 39.1 Å². The Bertz CT molecular complexity index is 339. The Morgan fingerprint density at radius 1 is 1.14 bits per heavy atom. The highest BCUT2D eigenvalue weighted by atomic mass is 16.2. The molecule has 122 valence electrons. The summed E-state index contributed by atoms with van der Waals surface area (Å²) in [7, 11) is 1.91. The molecule has 1 unspecified atom stereocenters. The first-order valence-corrected chi connectivity index (χ1v) is 8.45. The number of carbonyl (C=O) groups is 1.